The second-order valence-electron chi connectivity index (χ2n) is 5.04. The number of phenolic OH excluding ortho intramolecular Hbond substituents is 1. The van der Waals surface area contributed by atoms with Crippen molar-refractivity contribution < 1.29 is 5.11 Å². The Morgan fingerprint density at radius 3 is 2.58 bits per heavy atom. The van der Waals surface area contributed by atoms with Crippen molar-refractivity contribution in [2.75, 3.05) is 23.8 Å². The Morgan fingerprint density at radius 1 is 1.05 bits per heavy atom. The molecule has 1 heterocycles. The van der Waals surface area contributed by atoms with Gasteiger partial charge in [-0.05, 0) is 60.9 Å². The van der Waals surface area contributed by atoms with Gasteiger partial charge in [0.1, 0.15) is 5.75 Å². The summed E-state index contributed by atoms with van der Waals surface area (Å²) in [7, 11) is 2.14. The van der Waals surface area contributed by atoms with Gasteiger partial charge in [-0.25, -0.2) is 0 Å². The highest BCUT2D eigenvalue weighted by Gasteiger charge is 2.13. The molecule has 0 unspecified atom stereocenters. The van der Waals surface area contributed by atoms with E-state index in [1.807, 2.05) is 12.1 Å². The zero-order chi connectivity index (χ0) is 13.2. The third kappa shape index (κ3) is 2.50. The van der Waals surface area contributed by atoms with Crippen LogP contribution in [0.3, 0.4) is 0 Å². The fraction of sp³-hybridized carbons (Fsp3) is 0.250. The van der Waals surface area contributed by atoms with Crippen molar-refractivity contribution in [2.45, 2.75) is 12.8 Å². The van der Waals surface area contributed by atoms with Gasteiger partial charge in [-0.2, -0.15) is 0 Å². The van der Waals surface area contributed by atoms with E-state index in [9.17, 15) is 5.11 Å². The summed E-state index contributed by atoms with van der Waals surface area (Å²) in [5.41, 5.74) is 4.82. The summed E-state index contributed by atoms with van der Waals surface area (Å²) in [6, 6.07) is 13.6. The van der Waals surface area contributed by atoms with E-state index in [0.29, 0.717) is 0 Å². The fourth-order valence-electron chi connectivity index (χ4n) is 2.57. The number of hydrogen-bond donors (Lipinski definition) is 2. The molecular weight excluding hydrogens is 236 g/mol. The lowest BCUT2D eigenvalue weighted by atomic mass is 10.0. The van der Waals surface area contributed by atoms with Gasteiger partial charge in [0, 0.05) is 30.7 Å². The van der Waals surface area contributed by atoms with E-state index >= 15 is 0 Å². The third-order valence-electron chi connectivity index (χ3n) is 3.59. The molecule has 1 aliphatic heterocycles. The highest BCUT2D eigenvalue weighted by Crippen LogP contribution is 2.29. The molecule has 2 N–H and O–H groups in total. The van der Waals surface area contributed by atoms with E-state index in [4.69, 9.17) is 0 Å². The van der Waals surface area contributed by atoms with Crippen LogP contribution in [-0.4, -0.2) is 18.7 Å². The second-order valence-corrected chi connectivity index (χ2v) is 5.04. The van der Waals surface area contributed by atoms with Gasteiger partial charge in [0.2, 0.25) is 0 Å². The Balaban J connectivity index is 1.84. The number of aromatic hydroxyl groups is 1. The molecule has 3 nitrogen and oxygen atoms in total. The molecule has 3 heteroatoms. The van der Waals surface area contributed by atoms with Crippen LogP contribution in [0.2, 0.25) is 0 Å². The van der Waals surface area contributed by atoms with E-state index in [1.54, 1.807) is 12.1 Å². The molecule has 19 heavy (non-hydrogen) atoms. The van der Waals surface area contributed by atoms with Crippen LogP contribution in [0.5, 0.6) is 5.75 Å². The van der Waals surface area contributed by atoms with Gasteiger partial charge in [0.05, 0.1) is 0 Å². The van der Waals surface area contributed by atoms with Crippen LogP contribution in [0.4, 0.5) is 17.1 Å². The molecule has 2 aromatic rings. The van der Waals surface area contributed by atoms with Crippen molar-refractivity contribution in [3.8, 4) is 5.75 Å². The molecule has 0 amide bonds. The lowest BCUT2D eigenvalue weighted by Gasteiger charge is -2.27. The first kappa shape index (κ1) is 11.9. The molecule has 0 atom stereocenters. The fourth-order valence-corrected chi connectivity index (χ4v) is 2.57. The number of nitrogens with one attached hydrogen (secondary N) is 1. The maximum Gasteiger partial charge on any atom is 0.115 e. The lowest BCUT2D eigenvalue weighted by Crippen LogP contribution is -2.24. The van der Waals surface area contributed by atoms with Gasteiger partial charge in [-0.3, -0.25) is 0 Å². The highest BCUT2D eigenvalue weighted by atomic mass is 16.3. The minimum absolute atomic E-state index is 0.289. The third-order valence-corrected chi connectivity index (χ3v) is 3.59. The minimum atomic E-state index is 0.289. The van der Waals surface area contributed by atoms with Crippen molar-refractivity contribution in [3.63, 3.8) is 0 Å². The van der Waals surface area contributed by atoms with E-state index in [-0.39, 0.29) is 5.75 Å². The largest absolute Gasteiger partial charge is 0.508 e. The van der Waals surface area contributed by atoms with Crippen molar-refractivity contribution >= 4 is 17.1 Å². The predicted molar refractivity (Wildman–Crippen MR) is 79.4 cm³/mol. The van der Waals surface area contributed by atoms with Gasteiger partial charge in [0.25, 0.3) is 0 Å². The molecule has 0 aliphatic carbocycles. The monoisotopic (exact) mass is 254 g/mol. The van der Waals surface area contributed by atoms with E-state index < -0.39 is 0 Å². The van der Waals surface area contributed by atoms with Crippen molar-refractivity contribution in [2.24, 2.45) is 0 Å². The lowest BCUT2D eigenvalue weighted by molar-refractivity contribution is 0.475. The van der Waals surface area contributed by atoms with Crippen LogP contribution >= 0.6 is 0 Å². The molecule has 3 rings (SSSR count). The Hall–Kier alpha value is -2.16. The zero-order valence-electron chi connectivity index (χ0n) is 11.1. The Kier molecular flexibility index (Phi) is 3.03. The number of hydrogen-bond acceptors (Lipinski definition) is 3. The molecule has 1 aliphatic rings. The SMILES string of the molecule is CN1CCCc2cc(Nc3ccc(O)cc3)ccc21. The van der Waals surface area contributed by atoms with E-state index in [0.717, 1.165) is 24.3 Å². The topological polar surface area (TPSA) is 35.5 Å². The standard InChI is InChI=1S/C16H18N2O/c1-18-10-2-3-12-11-14(6-9-16(12)18)17-13-4-7-15(19)8-5-13/h4-9,11,17,19H,2-3,10H2,1H3. The summed E-state index contributed by atoms with van der Waals surface area (Å²) in [5, 5.41) is 12.6. The van der Waals surface area contributed by atoms with Crippen LogP contribution in [0.15, 0.2) is 42.5 Å². The van der Waals surface area contributed by atoms with Crippen molar-refractivity contribution in [1.29, 1.82) is 0 Å². The van der Waals surface area contributed by atoms with Crippen molar-refractivity contribution in [1.82, 2.24) is 0 Å². The first-order valence-electron chi connectivity index (χ1n) is 6.62. The number of fused-ring (bicyclic) bond motifs is 1. The van der Waals surface area contributed by atoms with E-state index in [1.165, 1.54) is 17.7 Å². The summed E-state index contributed by atoms with van der Waals surface area (Å²) in [6.07, 6.45) is 2.36. The molecule has 0 radical (unpaired) electrons. The van der Waals surface area contributed by atoms with Gasteiger partial charge in [-0.15, -0.1) is 0 Å². The Labute approximate surface area is 113 Å². The van der Waals surface area contributed by atoms with Crippen LogP contribution in [0.25, 0.3) is 0 Å². The van der Waals surface area contributed by atoms with E-state index in [2.05, 4.69) is 35.5 Å². The molecular formula is C16H18N2O. The predicted octanol–water partition coefficient (Wildman–Crippen LogP) is 3.52. The van der Waals surface area contributed by atoms with Gasteiger partial charge < -0.3 is 15.3 Å². The molecule has 2 aromatic carbocycles. The maximum absolute atomic E-state index is 9.28. The number of rotatable bonds is 2. The molecule has 0 bridgehead atoms. The highest BCUT2D eigenvalue weighted by molar-refractivity contribution is 5.67. The maximum atomic E-state index is 9.28. The summed E-state index contributed by atoms with van der Waals surface area (Å²) in [4.78, 5) is 2.31. The first-order chi connectivity index (χ1) is 9.22. The first-order valence-corrected chi connectivity index (χ1v) is 6.62. The zero-order valence-corrected chi connectivity index (χ0v) is 11.1. The Morgan fingerprint density at radius 2 is 1.79 bits per heavy atom. The Bertz CT molecular complexity index is 578. The number of aryl methyl sites for hydroxylation is 1. The summed E-state index contributed by atoms with van der Waals surface area (Å²) < 4.78 is 0. The van der Waals surface area contributed by atoms with Crippen LogP contribution in [-0.2, 0) is 6.42 Å². The summed E-state index contributed by atoms with van der Waals surface area (Å²) in [6.45, 7) is 1.14. The van der Waals surface area contributed by atoms with Gasteiger partial charge in [-0.1, -0.05) is 0 Å². The molecule has 0 saturated carbocycles. The smallest absolute Gasteiger partial charge is 0.115 e. The normalized spacial score (nSPS) is 14.1. The molecule has 0 fully saturated rings. The van der Waals surface area contributed by atoms with Gasteiger partial charge in [0.15, 0.2) is 0 Å². The summed E-state index contributed by atoms with van der Waals surface area (Å²) >= 11 is 0. The van der Waals surface area contributed by atoms with Crippen LogP contribution < -0.4 is 10.2 Å². The molecule has 98 valence electrons. The number of anilines is 3. The van der Waals surface area contributed by atoms with Crippen LogP contribution in [0.1, 0.15) is 12.0 Å². The number of nitrogens with zero attached hydrogens (tertiary/aromatic N) is 1. The second kappa shape index (κ2) is 4.84. The van der Waals surface area contributed by atoms with Crippen LogP contribution in [0, 0.1) is 0 Å². The average Bonchev–Trinajstić information content (AvgIpc) is 2.42. The summed E-state index contributed by atoms with van der Waals surface area (Å²) in [5.74, 6) is 0.289. The number of benzene rings is 2. The molecule has 0 aromatic heterocycles. The van der Waals surface area contributed by atoms with Gasteiger partial charge >= 0.3 is 0 Å². The molecule has 0 spiro atoms. The quantitative estimate of drug-likeness (QED) is 0.805. The molecule has 0 saturated heterocycles. The minimum Gasteiger partial charge on any atom is -0.508 e. The average molecular weight is 254 g/mol. The van der Waals surface area contributed by atoms with Crippen molar-refractivity contribution in [3.05, 3.63) is 48.0 Å². The number of phenols is 1.